The molecule has 0 atom stereocenters. The van der Waals surface area contributed by atoms with Crippen LogP contribution in [0, 0.1) is 11.3 Å². The zero-order chi connectivity index (χ0) is 9.84. The van der Waals surface area contributed by atoms with Gasteiger partial charge in [0.15, 0.2) is 5.69 Å². The summed E-state index contributed by atoms with van der Waals surface area (Å²) in [5, 5.41) is 8.48. The van der Waals surface area contributed by atoms with Crippen molar-refractivity contribution in [2.24, 2.45) is 0 Å². The predicted octanol–water partition coefficient (Wildman–Crippen LogP) is 0.624. The van der Waals surface area contributed by atoms with Crippen LogP contribution in [-0.2, 0) is 4.74 Å². The molecule has 0 bridgehead atoms. The van der Waals surface area contributed by atoms with E-state index in [-0.39, 0.29) is 18.1 Å². The molecule has 0 unspecified atom stereocenters. The normalized spacial score (nSPS) is 9.31. The van der Waals surface area contributed by atoms with Crippen molar-refractivity contribution in [2.45, 2.75) is 6.92 Å². The Morgan fingerprint density at radius 2 is 2.62 bits per heavy atom. The SMILES string of the molecule is CCOC(=O)c1nc(C#N)cn1S. The quantitative estimate of drug-likeness (QED) is 0.557. The lowest BCUT2D eigenvalue weighted by molar-refractivity contribution is 0.0512. The second kappa shape index (κ2) is 3.96. The molecule has 0 saturated carbocycles. The summed E-state index contributed by atoms with van der Waals surface area (Å²) in [6.07, 6.45) is 1.34. The fourth-order valence-corrected chi connectivity index (χ4v) is 0.996. The molecule has 0 saturated heterocycles. The Balaban J connectivity index is 2.95. The Labute approximate surface area is 80.5 Å². The number of hydrogen-bond acceptors (Lipinski definition) is 5. The molecule has 0 radical (unpaired) electrons. The number of esters is 1. The van der Waals surface area contributed by atoms with Crippen molar-refractivity contribution in [3.63, 3.8) is 0 Å². The average molecular weight is 197 g/mol. The van der Waals surface area contributed by atoms with Gasteiger partial charge in [-0.25, -0.2) is 9.78 Å². The molecule has 5 nitrogen and oxygen atoms in total. The zero-order valence-electron chi connectivity index (χ0n) is 6.89. The van der Waals surface area contributed by atoms with Gasteiger partial charge in [0.25, 0.3) is 0 Å². The van der Waals surface area contributed by atoms with Crippen molar-refractivity contribution < 1.29 is 9.53 Å². The summed E-state index contributed by atoms with van der Waals surface area (Å²) in [7, 11) is 0. The van der Waals surface area contributed by atoms with Crippen molar-refractivity contribution in [1.82, 2.24) is 8.96 Å². The van der Waals surface area contributed by atoms with Crippen LogP contribution < -0.4 is 0 Å². The highest BCUT2D eigenvalue weighted by molar-refractivity contribution is 7.78. The van der Waals surface area contributed by atoms with Crippen LogP contribution in [0.1, 0.15) is 23.2 Å². The third-order valence-corrected chi connectivity index (χ3v) is 1.57. The van der Waals surface area contributed by atoms with E-state index in [1.807, 2.05) is 0 Å². The number of carbonyl (C=O) groups excluding carboxylic acids is 1. The Bertz CT molecular complexity index is 366. The first-order valence-electron chi connectivity index (χ1n) is 3.55. The molecular formula is C7H7N3O2S. The highest BCUT2D eigenvalue weighted by Crippen LogP contribution is 2.05. The number of ether oxygens (including phenoxy) is 1. The summed E-state index contributed by atoms with van der Waals surface area (Å²) in [6.45, 7) is 1.95. The summed E-state index contributed by atoms with van der Waals surface area (Å²) in [5.74, 6) is -0.569. The lowest BCUT2D eigenvalue weighted by Crippen LogP contribution is -2.09. The molecule has 0 spiro atoms. The molecule has 1 rings (SSSR count). The Hall–Kier alpha value is -1.48. The Morgan fingerprint density at radius 1 is 1.92 bits per heavy atom. The first-order chi connectivity index (χ1) is 6.19. The second-order valence-electron chi connectivity index (χ2n) is 2.13. The van der Waals surface area contributed by atoms with E-state index in [4.69, 9.17) is 5.26 Å². The monoisotopic (exact) mass is 197 g/mol. The molecule has 0 aromatic carbocycles. The topological polar surface area (TPSA) is 67.9 Å². The Morgan fingerprint density at radius 3 is 3.08 bits per heavy atom. The third kappa shape index (κ3) is 2.00. The van der Waals surface area contributed by atoms with Crippen LogP contribution in [0.3, 0.4) is 0 Å². The lowest BCUT2D eigenvalue weighted by Gasteiger charge is -1.98. The molecule has 0 fully saturated rings. The van der Waals surface area contributed by atoms with E-state index in [2.05, 4.69) is 22.5 Å². The summed E-state index contributed by atoms with van der Waals surface area (Å²) in [5.41, 5.74) is 0.137. The zero-order valence-corrected chi connectivity index (χ0v) is 7.78. The molecule has 0 aliphatic rings. The van der Waals surface area contributed by atoms with E-state index in [9.17, 15) is 4.79 Å². The standard InChI is InChI=1S/C7H7N3O2S/c1-2-12-7(11)6-9-5(3-8)4-10(6)13/h4,13H,2H2,1H3. The molecule has 1 heterocycles. The van der Waals surface area contributed by atoms with Crippen LogP contribution in [0.15, 0.2) is 6.20 Å². The number of hydrogen-bond donors (Lipinski definition) is 1. The molecule has 1 aromatic heterocycles. The molecule has 68 valence electrons. The molecule has 13 heavy (non-hydrogen) atoms. The summed E-state index contributed by atoms with van der Waals surface area (Å²) in [6, 6.07) is 1.80. The molecular weight excluding hydrogens is 190 g/mol. The van der Waals surface area contributed by atoms with Gasteiger partial charge in [-0.05, 0) is 6.92 Å². The van der Waals surface area contributed by atoms with Gasteiger partial charge < -0.3 is 4.74 Å². The maximum Gasteiger partial charge on any atom is 0.375 e. The molecule has 0 amide bonds. The van der Waals surface area contributed by atoms with E-state index >= 15 is 0 Å². The highest BCUT2D eigenvalue weighted by atomic mass is 32.1. The van der Waals surface area contributed by atoms with Gasteiger partial charge in [-0.1, -0.05) is 12.8 Å². The van der Waals surface area contributed by atoms with Crippen LogP contribution in [0.25, 0.3) is 0 Å². The minimum Gasteiger partial charge on any atom is -0.460 e. The molecule has 6 heteroatoms. The number of nitrogens with zero attached hydrogens (tertiary/aromatic N) is 3. The van der Waals surface area contributed by atoms with Crippen molar-refractivity contribution in [1.29, 1.82) is 5.26 Å². The number of thiol groups is 1. The number of aromatic nitrogens is 2. The number of rotatable bonds is 2. The highest BCUT2D eigenvalue weighted by Gasteiger charge is 2.14. The van der Waals surface area contributed by atoms with Crippen molar-refractivity contribution in [3.05, 3.63) is 17.7 Å². The van der Waals surface area contributed by atoms with E-state index in [1.165, 1.54) is 6.20 Å². The lowest BCUT2D eigenvalue weighted by atomic mass is 10.5. The van der Waals surface area contributed by atoms with Gasteiger partial charge in [-0.3, -0.25) is 3.97 Å². The van der Waals surface area contributed by atoms with Crippen molar-refractivity contribution in [2.75, 3.05) is 6.61 Å². The molecule has 0 aliphatic heterocycles. The maximum absolute atomic E-state index is 11.1. The van der Waals surface area contributed by atoms with Crippen molar-refractivity contribution in [3.8, 4) is 6.07 Å². The van der Waals surface area contributed by atoms with Crippen LogP contribution >= 0.6 is 12.8 Å². The number of nitriles is 1. The number of imidazole rings is 1. The van der Waals surface area contributed by atoms with Gasteiger partial charge in [0.2, 0.25) is 5.82 Å². The van der Waals surface area contributed by atoms with Gasteiger partial charge in [-0.15, -0.1) is 0 Å². The van der Waals surface area contributed by atoms with Crippen LogP contribution in [-0.4, -0.2) is 21.5 Å². The van der Waals surface area contributed by atoms with Crippen LogP contribution in [0.2, 0.25) is 0 Å². The van der Waals surface area contributed by atoms with E-state index in [0.717, 1.165) is 3.97 Å². The average Bonchev–Trinajstić information content (AvgIpc) is 2.47. The van der Waals surface area contributed by atoms with Gasteiger partial charge in [0, 0.05) is 0 Å². The van der Waals surface area contributed by atoms with Crippen molar-refractivity contribution >= 4 is 18.8 Å². The van der Waals surface area contributed by atoms with E-state index in [1.54, 1.807) is 13.0 Å². The summed E-state index contributed by atoms with van der Waals surface area (Å²) < 4.78 is 5.85. The first-order valence-corrected chi connectivity index (χ1v) is 3.95. The fourth-order valence-electron chi connectivity index (χ4n) is 0.760. The van der Waals surface area contributed by atoms with Gasteiger partial charge in [0.1, 0.15) is 6.07 Å². The van der Waals surface area contributed by atoms with E-state index in [0.29, 0.717) is 0 Å². The predicted molar refractivity (Wildman–Crippen MR) is 47.3 cm³/mol. The van der Waals surface area contributed by atoms with Gasteiger partial charge >= 0.3 is 5.97 Å². The molecule has 1 aromatic rings. The summed E-state index contributed by atoms with van der Waals surface area (Å²) in [4.78, 5) is 14.8. The maximum atomic E-state index is 11.1. The first kappa shape index (κ1) is 9.61. The number of carbonyl (C=O) groups is 1. The van der Waals surface area contributed by atoms with Gasteiger partial charge in [0.05, 0.1) is 12.8 Å². The van der Waals surface area contributed by atoms with Gasteiger partial charge in [-0.2, -0.15) is 5.26 Å². The third-order valence-electron chi connectivity index (χ3n) is 1.26. The smallest absolute Gasteiger partial charge is 0.375 e. The fraction of sp³-hybridized carbons (Fsp3) is 0.286. The van der Waals surface area contributed by atoms with E-state index < -0.39 is 5.97 Å². The second-order valence-corrected chi connectivity index (χ2v) is 2.56. The van der Waals surface area contributed by atoms with Crippen LogP contribution in [0.4, 0.5) is 0 Å². The summed E-state index contributed by atoms with van der Waals surface area (Å²) >= 11 is 3.91. The molecule has 0 N–H and O–H groups in total. The minimum atomic E-state index is -0.584. The largest absolute Gasteiger partial charge is 0.460 e. The molecule has 0 aliphatic carbocycles. The Kier molecular flexibility index (Phi) is 2.93. The van der Waals surface area contributed by atoms with Crippen LogP contribution in [0.5, 0.6) is 0 Å². The minimum absolute atomic E-state index is 0.0155.